The predicted octanol–water partition coefficient (Wildman–Crippen LogP) is 1.19. The number of aromatic nitrogens is 3. The van der Waals surface area contributed by atoms with Gasteiger partial charge in [0.1, 0.15) is 16.6 Å². The van der Waals surface area contributed by atoms with Crippen LogP contribution in [0.15, 0.2) is 30.6 Å². The number of hydrogen-bond acceptors (Lipinski definition) is 4. The third-order valence-corrected chi connectivity index (χ3v) is 2.36. The van der Waals surface area contributed by atoms with Crippen molar-refractivity contribution < 1.29 is 0 Å². The van der Waals surface area contributed by atoms with Crippen LogP contribution in [-0.2, 0) is 7.05 Å². The Hall–Kier alpha value is -1.95. The molecule has 6 heteroatoms. The van der Waals surface area contributed by atoms with Crippen LogP contribution >= 0.6 is 12.2 Å². The van der Waals surface area contributed by atoms with Crippen molar-refractivity contribution in [3.63, 3.8) is 0 Å². The largest absolute Gasteiger partial charge is 0.389 e. The highest BCUT2D eigenvalue weighted by Gasteiger charge is 2.01. The minimum Gasteiger partial charge on any atom is -0.389 e. The van der Waals surface area contributed by atoms with Crippen molar-refractivity contribution in [2.24, 2.45) is 12.8 Å². The van der Waals surface area contributed by atoms with Crippen LogP contribution in [-0.4, -0.2) is 19.8 Å². The van der Waals surface area contributed by atoms with Gasteiger partial charge in [-0.25, -0.2) is 4.98 Å². The predicted molar refractivity (Wildman–Crippen MR) is 66.6 cm³/mol. The Bertz CT molecular complexity index is 502. The monoisotopic (exact) mass is 233 g/mol. The molecule has 0 aliphatic carbocycles. The molecule has 0 amide bonds. The number of nitrogens with one attached hydrogen (secondary N) is 1. The molecule has 0 unspecified atom stereocenters. The van der Waals surface area contributed by atoms with Crippen molar-refractivity contribution in [2.75, 3.05) is 5.32 Å². The molecule has 3 N–H and O–H groups in total. The lowest BCUT2D eigenvalue weighted by Crippen LogP contribution is -2.10. The van der Waals surface area contributed by atoms with Gasteiger partial charge in [0, 0.05) is 24.9 Å². The van der Waals surface area contributed by atoms with Crippen LogP contribution in [0.25, 0.3) is 0 Å². The molecule has 2 rings (SSSR count). The number of pyridine rings is 1. The highest BCUT2D eigenvalue weighted by molar-refractivity contribution is 7.80. The fourth-order valence-electron chi connectivity index (χ4n) is 1.24. The first-order chi connectivity index (χ1) is 7.66. The van der Waals surface area contributed by atoms with Crippen molar-refractivity contribution >= 4 is 28.8 Å². The molecule has 0 atom stereocenters. The van der Waals surface area contributed by atoms with Gasteiger partial charge in [0.15, 0.2) is 0 Å². The Kier molecular flexibility index (Phi) is 2.82. The van der Waals surface area contributed by atoms with E-state index in [4.69, 9.17) is 18.0 Å². The van der Waals surface area contributed by atoms with Gasteiger partial charge in [-0.15, -0.1) is 0 Å². The number of thiocarbonyl (C=S) groups is 1. The summed E-state index contributed by atoms with van der Waals surface area (Å²) in [6, 6.07) is 5.51. The zero-order valence-corrected chi connectivity index (χ0v) is 9.53. The van der Waals surface area contributed by atoms with E-state index in [-0.39, 0.29) is 0 Å². The molecule has 0 saturated heterocycles. The zero-order chi connectivity index (χ0) is 11.5. The van der Waals surface area contributed by atoms with Crippen molar-refractivity contribution in [1.29, 1.82) is 0 Å². The Labute approximate surface area is 98.3 Å². The highest BCUT2D eigenvalue weighted by Crippen LogP contribution is 2.12. The van der Waals surface area contributed by atoms with Gasteiger partial charge in [-0.2, -0.15) is 5.10 Å². The molecule has 0 saturated carbocycles. The standard InChI is InChI=1S/C10H11N5S/c1-15-9(4-5-13-15)14-8-3-2-7(6-12-8)10(11)16/h2-6H,1H3,(H2,11,16)(H,12,14). The number of hydrogen-bond donors (Lipinski definition) is 2. The number of nitrogens with two attached hydrogens (primary N) is 1. The van der Waals surface area contributed by atoms with E-state index in [1.807, 2.05) is 25.2 Å². The number of aryl methyl sites for hydroxylation is 1. The molecule has 0 bridgehead atoms. The maximum atomic E-state index is 5.48. The van der Waals surface area contributed by atoms with Crippen LogP contribution < -0.4 is 11.1 Å². The summed E-state index contributed by atoms with van der Waals surface area (Å²) in [5.74, 6) is 1.60. The van der Waals surface area contributed by atoms with E-state index in [2.05, 4.69) is 15.4 Å². The number of anilines is 2. The van der Waals surface area contributed by atoms with E-state index in [0.29, 0.717) is 4.99 Å². The zero-order valence-electron chi connectivity index (χ0n) is 8.71. The van der Waals surface area contributed by atoms with Gasteiger partial charge in [0.2, 0.25) is 0 Å². The van der Waals surface area contributed by atoms with Crippen LogP contribution in [0.4, 0.5) is 11.6 Å². The third-order valence-electron chi connectivity index (χ3n) is 2.13. The van der Waals surface area contributed by atoms with Crippen molar-refractivity contribution in [2.45, 2.75) is 0 Å². The highest BCUT2D eigenvalue weighted by atomic mass is 32.1. The molecule has 0 aliphatic heterocycles. The second-order valence-corrected chi connectivity index (χ2v) is 3.70. The Morgan fingerprint density at radius 1 is 1.44 bits per heavy atom. The minimum atomic E-state index is 0.347. The second kappa shape index (κ2) is 4.28. The van der Waals surface area contributed by atoms with E-state index in [1.165, 1.54) is 0 Å². The summed E-state index contributed by atoms with van der Waals surface area (Å²) in [7, 11) is 1.85. The summed E-state index contributed by atoms with van der Waals surface area (Å²) in [6.07, 6.45) is 3.35. The smallest absolute Gasteiger partial charge is 0.131 e. The van der Waals surface area contributed by atoms with E-state index < -0.39 is 0 Å². The summed E-state index contributed by atoms with van der Waals surface area (Å²) >= 11 is 4.85. The van der Waals surface area contributed by atoms with Gasteiger partial charge in [0.05, 0.1) is 6.20 Å². The molecule has 2 heterocycles. The first-order valence-corrected chi connectivity index (χ1v) is 5.08. The topological polar surface area (TPSA) is 68.8 Å². The molecular formula is C10H11N5S. The van der Waals surface area contributed by atoms with Gasteiger partial charge >= 0.3 is 0 Å². The maximum Gasteiger partial charge on any atom is 0.131 e. The first-order valence-electron chi connectivity index (χ1n) is 4.67. The van der Waals surface area contributed by atoms with Gasteiger partial charge in [-0.05, 0) is 12.1 Å². The van der Waals surface area contributed by atoms with Crippen LogP contribution in [0.2, 0.25) is 0 Å². The second-order valence-electron chi connectivity index (χ2n) is 3.26. The van der Waals surface area contributed by atoms with E-state index >= 15 is 0 Å². The van der Waals surface area contributed by atoms with Crippen LogP contribution in [0.3, 0.4) is 0 Å². The van der Waals surface area contributed by atoms with Gasteiger partial charge < -0.3 is 11.1 Å². The molecule has 0 aliphatic rings. The minimum absolute atomic E-state index is 0.347. The van der Waals surface area contributed by atoms with Gasteiger partial charge in [-0.1, -0.05) is 12.2 Å². The summed E-state index contributed by atoms with van der Waals surface area (Å²) in [6.45, 7) is 0. The van der Waals surface area contributed by atoms with Crippen LogP contribution in [0.1, 0.15) is 5.56 Å². The molecule has 0 spiro atoms. The molecule has 2 aromatic heterocycles. The molecule has 2 aromatic rings. The van der Waals surface area contributed by atoms with Crippen molar-refractivity contribution in [3.8, 4) is 0 Å². The SMILES string of the molecule is Cn1nccc1Nc1ccc(C(N)=S)cn1. The average molecular weight is 233 g/mol. The third kappa shape index (κ3) is 2.17. The normalized spacial score (nSPS) is 10.1. The fraction of sp³-hybridized carbons (Fsp3) is 0.100. The summed E-state index contributed by atoms with van der Waals surface area (Å²) in [5.41, 5.74) is 6.24. The van der Waals surface area contributed by atoms with Crippen LogP contribution in [0, 0.1) is 0 Å². The lowest BCUT2D eigenvalue weighted by atomic mass is 10.3. The van der Waals surface area contributed by atoms with Crippen LogP contribution in [0.5, 0.6) is 0 Å². The molecule has 0 aromatic carbocycles. The summed E-state index contributed by atoms with van der Waals surface area (Å²) in [4.78, 5) is 4.54. The Morgan fingerprint density at radius 2 is 2.25 bits per heavy atom. The van der Waals surface area contributed by atoms with Gasteiger partial charge in [0.25, 0.3) is 0 Å². The molecular weight excluding hydrogens is 222 g/mol. The first kappa shape index (κ1) is 10.6. The number of rotatable bonds is 3. The molecule has 5 nitrogen and oxygen atoms in total. The molecule has 0 fully saturated rings. The number of nitrogens with zero attached hydrogens (tertiary/aromatic N) is 3. The Morgan fingerprint density at radius 3 is 2.75 bits per heavy atom. The summed E-state index contributed by atoms with van der Waals surface area (Å²) in [5, 5.41) is 7.17. The van der Waals surface area contributed by atoms with Crippen molar-refractivity contribution in [1.82, 2.24) is 14.8 Å². The maximum absolute atomic E-state index is 5.48. The Balaban J connectivity index is 2.17. The van der Waals surface area contributed by atoms with E-state index in [9.17, 15) is 0 Å². The molecule has 0 radical (unpaired) electrons. The van der Waals surface area contributed by atoms with Crippen molar-refractivity contribution in [3.05, 3.63) is 36.2 Å². The average Bonchev–Trinajstić information content (AvgIpc) is 2.65. The fourth-order valence-corrected chi connectivity index (χ4v) is 1.36. The molecule has 16 heavy (non-hydrogen) atoms. The molecule has 82 valence electrons. The van der Waals surface area contributed by atoms with E-state index in [0.717, 1.165) is 17.2 Å². The van der Waals surface area contributed by atoms with Gasteiger partial charge in [-0.3, -0.25) is 4.68 Å². The quantitative estimate of drug-likeness (QED) is 0.779. The summed E-state index contributed by atoms with van der Waals surface area (Å²) < 4.78 is 1.73. The lowest BCUT2D eigenvalue weighted by Gasteiger charge is -2.05. The van der Waals surface area contributed by atoms with E-state index in [1.54, 1.807) is 17.1 Å². The lowest BCUT2D eigenvalue weighted by molar-refractivity contribution is 0.776.